The molecule has 0 aliphatic heterocycles. The molecule has 1 aromatic heterocycles. The van der Waals surface area contributed by atoms with E-state index in [1.807, 2.05) is 0 Å². The Labute approximate surface area is 129 Å². The van der Waals surface area contributed by atoms with Gasteiger partial charge in [-0.25, -0.2) is 13.4 Å². The van der Waals surface area contributed by atoms with Gasteiger partial charge in [-0.3, -0.25) is 13.9 Å². The molecule has 0 radical (unpaired) electrons. The lowest BCUT2D eigenvalue weighted by molar-refractivity contribution is -0.135. The summed E-state index contributed by atoms with van der Waals surface area (Å²) in [6.07, 6.45) is 2.66. The van der Waals surface area contributed by atoms with Crippen molar-refractivity contribution in [2.75, 3.05) is 17.6 Å². The maximum atomic E-state index is 11.2. The van der Waals surface area contributed by atoms with Crippen molar-refractivity contribution in [2.45, 2.75) is 20.4 Å². The van der Waals surface area contributed by atoms with Crippen molar-refractivity contribution < 1.29 is 28.2 Å². The van der Waals surface area contributed by atoms with Crippen LogP contribution in [0.3, 0.4) is 0 Å². The van der Waals surface area contributed by atoms with Gasteiger partial charge in [0.15, 0.2) is 0 Å². The predicted molar refractivity (Wildman–Crippen MR) is 82.0 cm³/mol. The zero-order valence-corrected chi connectivity index (χ0v) is 13.7. The van der Waals surface area contributed by atoms with Gasteiger partial charge in [0, 0.05) is 39.2 Å². The van der Waals surface area contributed by atoms with Crippen molar-refractivity contribution in [1.29, 1.82) is 0 Å². The number of hydrogen-bond donors (Lipinski definition) is 3. The summed E-state index contributed by atoms with van der Waals surface area (Å²) < 4.78 is 23.6. The molecule has 0 aliphatic carbocycles. The summed E-state index contributed by atoms with van der Waals surface area (Å²) in [5, 5.41) is 14.8. The number of nitrogens with zero attached hydrogens (tertiary/aromatic N) is 2. The monoisotopic (exact) mass is 335 g/mol. The van der Waals surface area contributed by atoms with Crippen LogP contribution in [0.4, 0.5) is 5.82 Å². The molecule has 1 rings (SSSR count). The highest BCUT2D eigenvalue weighted by Gasteiger charge is 2.15. The molecule has 1 heterocycles. The molecule has 0 amide bonds. The highest BCUT2D eigenvalue weighted by atomic mass is 32.2. The third-order valence-electron chi connectivity index (χ3n) is 1.88. The minimum atomic E-state index is -3.27. The number of sulfonamides is 1. The normalized spacial score (nSPS) is 9.50. The molecule has 0 aromatic carbocycles. The molecule has 0 unspecified atom stereocenters. The standard InChI is InChI=1S/C8H13N3O2S.2C2H4O2/c1-11(14(2,12)13)8-7(6-9)4-3-5-10-8;2*1-2(3)4/h3-5H,6,9H2,1-2H3;2*1H3,(H,3,4). The van der Waals surface area contributed by atoms with E-state index in [9.17, 15) is 8.42 Å². The second-order valence-electron chi connectivity index (χ2n) is 3.96. The number of hydrogen-bond acceptors (Lipinski definition) is 6. The van der Waals surface area contributed by atoms with E-state index in [1.54, 1.807) is 12.1 Å². The number of nitrogens with two attached hydrogens (primary N) is 1. The molecule has 22 heavy (non-hydrogen) atoms. The summed E-state index contributed by atoms with van der Waals surface area (Å²) in [7, 11) is -1.82. The first kappa shape index (κ1) is 22.1. The van der Waals surface area contributed by atoms with Gasteiger partial charge in [-0.05, 0) is 6.07 Å². The van der Waals surface area contributed by atoms with Crippen LogP contribution in [-0.4, -0.2) is 48.9 Å². The van der Waals surface area contributed by atoms with E-state index >= 15 is 0 Å². The molecular weight excluding hydrogens is 314 g/mol. The zero-order valence-electron chi connectivity index (χ0n) is 12.8. The minimum Gasteiger partial charge on any atom is -0.481 e. The number of anilines is 1. The van der Waals surface area contributed by atoms with Gasteiger partial charge in [-0.15, -0.1) is 0 Å². The average molecular weight is 335 g/mol. The summed E-state index contributed by atoms with van der Waals surface area (Å²) >= 11 is 0. The molecule has 0 aliphatic rings. The maximum Gasteiger partial charge on any atom is 0.300 e. The molecule has 0 fully saturated rings. The maximum absolute atomic E-state index is 11.2. The molecule has 0 spiro atoms. The summed E-state index contributed by atoms with van der Waals surface area (Å²) in [6.45, 7) is 2.43. The fourth-order valence-electron chi connectivity index (χ4n) is 1.03. The molecule has 126 valence electrons. The quantitative estimate of drug-likeness (QED) is 0.704. The highest BCUT2D eigenvalue weighted by molar-refractivity contribution is 7.92. The van der Waals surface area contributed by atoms with Gasteiger partial charge in [0.2, 0.25) is 10.0 Å². The number of carboxylic acid groups (broad SMARTS) is 2. The zero-order chi connectivity index (χ0) is 17.9. The smallest absolute Gasteiger partial charge is 0.300 e. The molecule has 10 heteroatoms. The van der Waals surface area contributed by atoms with Gasteiger partial charge in [-0.2, -0.15) is 0 Å². The Balaban J connectivity index is 0. The Morgan fingerprint density at radius 2 is 1.68 bits per heavy atom. The topological polar surface area (TPSA) is 151 Å². The van der Waals surface area contributed by atoms with Crippen LogP contribution >= 0.6 is 0 Å². The average Bonchev–Trinajstić information content (AvgIpc) is 2.35. The molecule has 0 saturated heterocycles. The second-order valence-corrected chi connectivity index (χ2v) is 5.97. The van der Waals surface area contributed by atoms with Crippen molar-refractivity contribution in [3.8, 4) is 0 Å². The minimum absolute atomic E-state index is 0.267. The lowest BCUT2D eigenvalue weighted by Crippen LogP contribution is -2.27. The van der Waals surface area contributed by atoms with Crippen LogP contribution in [0, 0.1) is 0 Å². The Kier molecular flexibility index (Phi) is 10.6. The first-order valence-electron chi connectivity index (χ1n) is 5.90. The Hall–Kier alpha value is -2.20. The van der Waals surface area contributed by atoms with E-state index in [2.05, 4.69) is 4.98 Å². The van der Waals surface area contributed by atoms with Crippen LogP contribution in [0.1, 0.15) is 19.4 Å². The van der Waals surface area contributed by atoms with Crippen LogP contribution in [0.2, 0.25) is 0 Å². The van der Waals surface area contributed by atoms with Crippen LogP contribution in [-0.2, 0) is 26.2 Å². The molecule has 0 bridgehead atoms. The molecule has 1 aromatic rings. The van der Waals surface area contributed by atoms with Gasteiger partial charge in [0.1, 0.15) is 5.82 Å². The predicted octanol–water partition coefficient (Wildman–Crippen LogP) is 0.118. The molecule has 0 atom stereocenters. The fraction of sp³-hybridized carbons (Fsp3) is 0.417. The van der Waals surface area contributed by atoms with Gasteiger partial charge in [-0.1, -0.05) is 6.07 Å². The summed E-state index contributed by atoms with van der Waals surface area (Å²) in [5.74, 6) is -1.28. The van der Waals surface area contributed by atoms with Crippen molar-refractivity contribution in [3.05, 3.63) is 23.9 Å². The van der Waals surface area contributed by atoms with E-state index in [4.69, 9.17) is 25.5 Å². The number of aliphatic carboxylic acids is 2. The van der Waals surface area contributed by atoms with Crippen LogP contribution in [0.25, 0.3) is 0 Å². The Morgan fingerprint density at radius 3 is 2.00 bits per heavy atom. The van der Waals surface area contributed by atoms with E-state index in [0.717, 1.165) is 24.4 Å². The van der Waals surface area contributed by atoms with Crippen molar-refractivity contribution >= 4 is 27.8 Å². The van der Waals surface area contributed by atoms with Crippen molar-refractivity contribution in [3.63, 3.8) is 0 Å². The first-order valence-corrected chi connectivity index (χ1v) is 7.75. The Bertz CT molecular complexity index is 568. The van der Waals surface area contributed by atoms with Gasteiger partial charge >= 0.3 is 0 Å². The number of carboxylic acids is 2. The molecular formula is C12H21N3O6S. The second kappa shape index (κ2) is 10.5. The van der Waals surface area contributed by atoms with Gasteiger partial charge in [0.05, 0.1) is 6.26 Å². The largest absolute Gasteiger partial charge is 0.481 e. The molecule has 4 N–H and O–H groups in total. The molecule has 9 nitrogen and oxygen atoms in total. The van der Waals surface area contributed by atoms with E-state index in [1.165, 1.54) is 13.2 Å². The first-order chi connectivity index (χ1) is 9.93. The number of rotatable bonds is 3. The SMILES string of the molecule is CC(=O)O.CC(=O)O.CN(c1ncccc1CN)S(C)(=O)=O. The van der Waals surface area contributed by atoms with Crippen LogP contribution in [0.5, 0.6) is 0 Å². The van der Waals surface area contributed by atoms with Crippen LogP contribution < -0.4 is 10.0 Å². The summed E-state index contributed by atoms with van der Waals surface area (Å²) in [4.78, 5) is 22.0. The van der Waals surface area contributed by atoms with Gasteiger partial charge in [0.25, 0.3) is 11.9 Å². The van der Waals surface area contributed by atoms with Crippen molar-refractivity contribution in [2.24, 2.45) is 5.73 Å². The van der Waals surface area contributed by atoms with Crippen molar-refractivity contribution in [1.82, 2.24) is 4.98 Å². The Morgan fingerprint density at radius 1 is 1.27 bits per heavy atom. The van der Waals surface area contributed by atoms with E-state index in [-0.39, 0.29) is 6.54 Å². The lowest BCUT2D eigenvalue weighted by Gasteiger charge is -2.17. The fourth-order valence-corrected chi connectivity index (χ4v) is 1.51. The number of pyridine rings is 1. The third-order valence-corrected chi connectivity index (χ3v) is 3.05. The molecule has 0 saturated carbocycles. The van der Waals surface area contributed by atoms with Crippen LogP contribution in [0.15, 0.2) is 18.3 Å². The third kappa shape index (κ3) is 11.6. The summed E-state index contributed by atoms with van der Waals surface area (Å²) in [5.41, 5.74) is 6.18. The van der Waals surface area contributed by atoms with E-state index in [0.29, 0.717) is 11.4 Å². The lowest BCUT2D eigenvalue weighted by atomic mass is 10.2. The van der Waals surface area contributed by atoms with E-state index < -0.39 is 22.0 Å². The van der Waals surface area contributed by atoms with Gasteiger partial charge < -0.3 is 15.9 Å². The highest BCUT2D eigenvalue weighted by Crippen LogP contribution is 2.16. The summed E-state index contributed by atoms with van der Waals surface area (Å²) in [6, 6.07) is 3.48. The number of aromatic nitrogens is 1. The number of carbonyl (C=O) groups is 2.